The molecule has 18 heavy (non-hydrogen) atoms. The van der Waals surface area contributed by atoms with Gasteiger partial charge in [-0.3, -0.25) is 0 Å². The van der Waals surface area contributed by atoms with E-state index < -0.39 is 6.36 Å². The van der Waals surface area contributed by atoms with Gasteiger partial charge in [0.1, 0.15) is 5.75 Å². The molecule has 0 atom stereocenters. The van der Waals surface area contributed by atoms with Crippen LogP contribution in [-0.4, -0.2) is 6.36 Å². The summed E-state index contributed by atoms with van der Waals surface area (Å²) in [5, 5.41) is 0. The molecule has 0 bridgehead atoms. The highest BCUT2D eigenvalue weighted by molar-refractivity contribution is 5.80. The van der Waals surface area contributed by atoms with Gasteiger partial charge in [0, 0.05) is 16.8 Å². The first kappa shape index (κ1) is 12.3. The third kappa shape index (κ3) is 2.74. The predicted octanol–water partition coefficient (Wildman–Crippen LogP) is 3.83. The summed E-state index contributed by atoms with van der Waals surface area (Å²) in [5.74, 6) is -0.261. The van der Waals surface area contributed by atoms with Crippen molar-refractivity contribution in [1.29, 1.82) is 0 Å². The van der Waals surface area contributed by atoms with E-state index in [1.165, 1.54) is 18.2 Å². The molecule has 0 unspecified atom stereocenters. The zero-order valence-corrected chi connectivity index (χ0v) is 9.24. The van der Waals surface area contributed by atoms with Crippen LogP contribution in [0, 0.1) is 0 Å². The minimum atomic E-state index is -4.72. The number of anilines is 1. The Hall–Kier alpha value is -2.17. The molecular weight excluding hydrogens is 243 g/mol. The second-order valence-electron chi connectivity index (χ2n) is 3.63. The van der Waals surface area contributed by atoms with E-state index >= 15 is 0 Å². The van der Waals surface area contributed by atoms with Gasteiger partial charge >= 0.3 is 6.36 Å². The Labute approximate surface area is 102 Å². The summed E-state index contributed by atoms with van der Waals surface area (Å²) < 4.78 is 40.8. The summed E-state index contributed by atoms with van der Waals surface area (Å²) in [5.41, 5.74) is 6.97. The monoisotopic (exact) mass is 253 g/mol. The Kier molecular flexibility index (Phi) is 3.14. The second kappa shape index (κ2) is 4.60. The van der Waals surface area contributed by atoms with E-state index in [-0.39, 0.29) is 5.75 Å². The van der Waals surface area contributed by atoms with E-state index in [0.29, 0.717) is 16.8 Å². The maximum atomic E-state index is 12.3. The third-order valence-corrected chi connectivity index (χ3v) is 2.36. The molecule has 2 N–H and O–H groups in total. The van der Waals surface area contributed by atoms with E-state index in [1.54, 1.807) is 30.3 Å². The van der Waals surface area contributed by atoms with E-state index in [4.69, 9.17) is 5.73 Å². The number of halogens is 3. The Bertz CT molecular complexity index is 552. The summed E-state index contributed by atoms with van der Waals surface area (Å²) in [6.07, 6.45) is -4.72. The number of alkyl halides is 3. The van der Waals surface area contributed by atoms with Gasteiger partial charge in [-0.15, -0.1) is 13.2 Å². The van der Waals surface area contributed by atoms with Crippen molar-refractivity contribution in [1.82, 2.24) is 0 Å². The molecule has 0 saturated carbocycles. The lowest BCUT2D eigenvalue weighted by Gasteiger charge is -2.14. The van der Waals surface area contributed by atoms with Crippen LogP contribution in [0.4, 0.5) is 18.9 Å². The molecule has 2 rings (SSSR count). The summed E-state index contributed by atoms with van der Waals surface area (Å²) in [6, 6.07) is 12.6. The van der Waals surface area contributed by atoms with Crippen molar-refractivity contribution < 1.29 is 17.9 Å². The molecule has 0 aliphatic carbocycles. The van der Waals surface area contributed by atoms with Gasteiger partial charge < -0.3 is 10.5 Å². The highest BCUT2D eigenvalue weighted by atomic mass is 19.4. The average molecular weight is 253 g/mol. The van der Waals surface area contributed by atoms with Crippen molar-refractivity contribution >= 4 is 5.69 Å². The summed E-state index contributed by atoms with van der Waals surface area (Å²) in [4.78, 5) is 0. The Morgan fingerprint density at radius 2 is 1.39 bits per heavy atom. The van der Waals surface area contributed by atoms with Gasteiger partial charge in [0.2, 0.25) is 0 Å². The molecule has 0 spiro atoms. The Balaban J connectivity index is 2.49. The molecule has 0 aliphatic rings. The van der Waals surface area contributed by atoms with Crippen LogP contribution in [0.3, 0.4) is 0 Å². The summed E-state index contributed by atoms with van der Waals surface area (Å²) in [6.45, 7) is 0. The largest absolute Gasteiger partial charge is 0.573 e. The lowest BCUT2D eigenvalue weighted by atomic mass is 10.0. The quantitative estimate of drug-likeness (QED) is 0.825. The Morgan fingerprint density at radius 1 is 0.833 bits per heavy atom. The van der Waals surface area contributed by atoms with E-state index in [0.717, 1.165) is 0 Å². The van der Waals surface area contributed by atoms with Crippen molar-refractivity contribution in [3.05, 3.63) is 48.5 Å². The lowest BCUT2D eigenvalue weighted by Crippen LogP contribution is -2.17. The van der Waals surface area contributed by atoms with E-state index in [1.807, 2.05) is 0 Å². The standard InChI is InChI=1S/C13H10F3NO/c14-13(15,16)18-12-8-4-2-6-10(12)9-5-1-3-7-11(9)17/h1-8H,17H2. The number of para-hydroxylation sites is 2. The van der Waals surface area contributed by atoms with Gasteiger partial charge in [-0.25, -0.2) is 0 Å². The molecule has 0 aromatic heterocycles. The first-order valence-corrected chi connectivity index (χ1v) is 5.17. The molecule has 2 aromatic rings. The van der Waals surface area contributed by atoms with Crippen LogP contribution in [0.15, 0.2) is 48.5 Å². The maximum absolute atomic E-state index is 12.3. The second-order valence-corrected chi connectivity index (χ2v) is 3.63. The molecule has 5 heteroatoms. The minimum absolute atomic E-state index is 0.261. The average Bonchev–Trinajstić information content (AvgIpc) is 2.29. The van der Waals surface area contributed by atoms with Gasteiger partial charge in [-0.2, -0.15) is 0 Å². The van der Waals surface area contributed by atoms with Gasteiger partial charge in [0.15, 0.2) is 0 Å². The van der Waals surface area contributed by atoms with Crippen LogP contribution >= 0.6 is 0 Å². The fourth-order valence-corrected chi connectivity index (χ4v) is 1.65. The first-order valence-electron chi connectivity index (χ1n) is 5.17. The van der Waals surface area contributed by atoms with Crippen LogP contribution in [0.1, 0.15) is 0 Å². The van der Waals surface area contributed by atoms with Gasteiger partial charge in [-0.05, 0) is 12.1 Å². The van der Waals surface area contributed by atoms with Crippen LogP contribution < -0.4 is 10.5 Å². The van der Waals surface area contributed by atoms with Gasteiger partial charge in [-0.1, -0.05) is 36.4 Å². The number of rotatable bonds is 2. The van der Waals surface area contributed by atoms with Crippen molar-refractivity contribution in [2.45, 2.75) is 6.36 Å². The molecule has 0 saturated heterocycles. The highest BCUT2D eigenvalue weighted by Crippen LogP contribution is 2.36. The fraction of sp³-hybridized carbons (Fsp3) is 0.0769. The number of benzene rings is 2. The van der Waals surface area contributed by atoms with Gasteiger partial charge in [0.05, 0.1) is 0 Å². The normalized spacial score (nSPS) is 11.3. The number of hydrogen-bond acceptors (Lipinski definition) is 2. The molecule has 2 aromatic carbocycles. The highest BCUT2D eigenvalue weighted by Gasteiger charge is 2.32. The summed E-state index contributed by atoms with van der Waals surface area (Å²) in [7, 11) is 0. The molecule has 0 aliphatic heterocycles. The maximum Gasteiger partial charge on any atom is 0.573 e. The zero-order valence-electron chi connectivity index (χ0n) is 9.24. The van der Waals surface area contributed by atoms with Crippen molar-refractivity contribution in [2.75, 3.05) is 5.73 Å². The van der Waals surface area contributed by atoms with Crippen LogP contribution in [0.2, 0.25) is 0 Å². The molecule has 94 valence electrons. The van der Waals surface area contributed by atoms with Crippen molar-refractivity contribution in [2.24, 2.45) is 0 Å². The van der Waals surface area contributed by atoms with E-state index in [9.17, 15) is 13.2 Å². The predicted molar refractivity (Wildman–Crippen MR) is 63.0 cm³/mol. The van der Waals surface area contributed by atoms with Crippen molar-refractivity contribution in [3.8, 4) is 16.9 Å². The number of ether oxygens (including phenoxy) is 1. The molecular formula is C13H10F3NO. The van der Waals surface area contributed by atoms with E-state index in [2.05, 4.69) is 4.74 Å². The SMILES string of the molecule is Nc1ccccc1-c1ccccc1OC(F)(F)F. The molecule has 0 fully saturated rings. The van der Waals surface area contributed by atoms with Crippen LogP contribution in [0.25, 0.3) is 11.1 Å². The number of nitrogen functional groups attached to an aromatic ring is 1. The number of nitrogens with two attached hydrogens (primary N) is 1. The number of hydrogen-bond donors (Lipinski definition) is 1. The molecule has 0 radical (unpaired) electrons. The zero-order chi connectivity index (χ0) is 13.2. The minimum Gasteiger partial charge on any atom is -0.405 e. The molecule has 0 heterocycles. The van der Waals surface area contributed by atoms with Crippen molar-refractivity contribution in [3.63, 3.8) is 0 Å². The van der Waals surface area contributed by atoms with Crippen LogP contribution in [-0.2, 0) is 0 Å². The summed E-state index contributed by atoms with van der Waals surface area (Å²) >= 11 is 0. The Morgan fingerprint density at radius 3 is 2.00 bits per heavy atom. The fourth-order valence-electron chi connectivity index (χ4n) is 1.65. The first-order chi connectivity index (χ1) is 8.47. The topological polar surface area (TPSA) is 35.2 Å². The third-order valence-electron chi connectivity index (χ3n) is 2.36. The van der Waals surface area contributed by atoms with Gasteiger partial charge in [0.25, 0.3) is 0 Å². The smallest absolute Gasteiger partial charge is 0.405 e. The lowest BCUT2D eigenvalue weighted by molar-refractivity contribution is -0.274. The molecule has 2 nitrogen and oxygen atoms in total. The molecule has 0 amide bonds. The van der Waals surface area contributed by atoms with Crippen LogP contribution in [0.5, 0.6) is 5.75 Å².